The van der Waals surface area contributed by atoms with E-state index in [1.165, 1.54) is 60.8 Å². The lowest BCUT2D eigenvalue weighted by atomic mass is 9.77. The molecule has 0 aliphatic heterocycles. The van der Waals surface area contributed by atoms with Gasteiger partial charge in [0.15, 0.2) is 0 Å². The third kappa shape index (κ3) is 7.09. The largest absolute Gasteiger partial charge is 0.462 e. The first kappa shape index (κ1) is 25.7. The smallest absolute Gasteiger partial charge is 0.333 e. The fraction of sp³-hybridized carbons (Fsp3) is 0.545. The van der Waals surface area contributed by atoms with Crippen molar-refractivity contribution in [3.8, 4) is 11.1 Å². The maximum Gasteiger partial charge on any atom is 0.333 e. The molecule has 0 bridgehead atoms. The predicted molar refractivity (Wildman–Crippen MR) is 147 cm³/mol. The van der Waals surface area contributed by atoms with Crippen LogP contribution in [0.5, 0.6) is 0 Å². The monoisotopic (exact) mass is 472 g/mol. The van der Waals surface area contributed by atoms with Crippen LogP contribution in [0.4, 0.5) is 0 Å². The van der Waals surface area contributed by atoms with Gasteiger partial charge in [-0.1, -0.05) is 94.1 Å². The summed E-state index contributed by atoms with van der Waals surface area (Å²) in [5.74, 6) is 2.10. The third-order valence-electron chi connectivity index (χ3n) is 8.30. The Labute approximate surface area is 213 Å². The van der Waals surface area contributed by atoms with Crippen molar-refractivity contribution in [3.05, 3.63) is 71.3 Å². The Bertz CT molecular complexity index is 946. The predicted octanol–water partition coefficient (Wildman–Crippen LogP) is 9.35. The maximum absolute atomic E-state index is 12.3. The van der Waals surface area contributed by atoms with E-state index in [4.69, 9.17) is 4.74 Å². The van der Waals surface area contributed by atoms with Crippen LogP contribution in [0.2, 0.25) is 0 Å². The maximum atomic E-state index is 12.3. The number of unbranched alkanes of at least 4 members (excludes halogenated alkanes) is 2. The van der Waals surface area contributed by atoms with Crippen LogP contribution >= 0.6 is 0 Å². The second kappa shape index (κ2) is 13.1. The van der Waals surface area contributed by atoms with Crippen LogP contribution in [0.15, 0.2) is 60.2 Å². The highest BCUT2D eigenvalue weighted by Crippen LogP contribution is 2.38. The average molecular weight is 473 g/mol. The summed E-state index contributed by atoms with van der Waals surface area (Å²) in [6.45, 7) is 5.03. The molecule has 0 radical (unpaired) electrons. The van der Waals surface area contributed by atoms with Crippen LogP contribution < -0.4 is 0 Å². The zero-order chi connectivity index (χ0) is 24.5. The first-order valence-corrected chi connectivity index (χ1v) is 14.2. The average Bonchev–Trinajstić information content (AvgIpc) is 2.92. The Kier molecular flexibility index (Phi) is 9.63. The lowest BCUT2D eigenvalue weighted by Gasteiger charge is -2.28. The van der Waals surface area contributed by atoms with Gasteiger partial charge in [0.25, 0.3) is 0 Å². The molecule has 0 amide bonds. The van der Waals surface area contributed by atoms with E-state index in [-0.39, 0.29) is 5.97 Å². The molecular formula is C33H44O2. The van der Waals surface area contributed by atoms with E-state index >= 15 is 0 Å². The van der Waals surface area contributed by atoms with Crippen LogP contribution in [-0.4, -0.2) is 12.6 Å². The Balaban J connectivity index is 1.29. The standard InChI is InChI=1S/C33H44O2/c1-3-5-6-24-35-33(34)32-22-20-31(21-23-32)30-18-16-29(17-19-30)28-14-12-27(13-15-28)26-10-8-25(7-4-2)9-11-26/h12-19,22,25-26,31H,3-11,20-21,23-24H2,1-2H3/t25-,26-,31?. The molecule has 188 valence electrons. The molecule has 2 aliphatic rings. The van der Waals surface area contributed by atoms with Gasteiger partial charge in [-0.2, -0.15) is 0 Å². The summed E-state index contributed by atoms with van der Waals surface area (Å²) >= 11 is 0. The Hall–Kier alpha value is -2.35. The van der Waals surface area contributed by atoms with E-state index in [1.807, 2.05) is 0 Å². The topological polar surface area (TPSA) is 26.3 Å². The number of hydrogen-bond acceptors (Lipinski definition) is 2. The van der Waals surface area contributed by atoms with Crippen LogP contribution in [-0.2, 0) is 9.53 Å². The molecule has 35 heavy (non-hydrogen) atoms. The molecule has 1 fully saturated rings. The number of esters is 1. The molecule has 0 heterocycles. The van der Waals surface area contributed by atoms with E-state index in [9.17, 15) is 4.79 Å². The van der Waals surface area contributed by atoms with Crippen molar-refractivity contribution in [2.24, 2.45) is 5.92 Å². The Morgan fingerprint density at radius 3 is 1.94 bits per heavy atom. The van der Waals surface area contributed by atoms with Crippen molar-refractivity contribution < 1.29 is 9.53 Å². The number of benzene rings is 2. The Morgan fingerprint density at radius 2 is 1.40 bits per heavy atom. The minimum atomic E-state index is -0.104. The fourth-order valence-corrected chi connectivity index (χ4v) is 6.02. The van der Waals surface area contributed by atoms with Crippen molar-refractivity contribution >= 4 is 5.97 Å². The summed E-state index contributed by atoms with van der Waals surface area (Å²) in [7, 11) is 0. The van der Waals surface area contributed by atoms with Gasteiger partial charge in [0.05, 0.1) is 6.61 Å². The number of hydrogen-bond donors (Lipinski definition) is 0. The van der Waals surface area contributed by atoms with Crippen molar-refractivity contribution in [1.29, 1.82) is 0 Å². The Morgan fingerprint density at radius 1 is 0.771 bits per heavy atom. The minimum absolute atomic E-state index is 0.104. The summed E-state index contributed by atoms with van der Waals surface area (Å²) in [5.41, 5.74) is 6.36. The van der Waals surface area contributed by atoms with E-state index in [0.717, 1.165) is 55.9 Å². The number of carbonyl (C=O) groups excluding carboxylic acids is 1. The minimum Gasteiger partial charge on any atom is -0.462 e. The molecule has 2 aromatic carbocycles. The van der Waals surface area contributed by atoms with Crippen LogP contribution in [0.1, 0.15) is 114 Å². The zero-order valence-electron chi connectivity index (χ0n) is 21.9. The molecule has 4 rings (SSSR count). The first-order valence-electron chi connectivity index (χ1n) is 14.2. The first-order chi connectivity index (χ1) is 17.2. The van der Waals surface area contributed by atoms with Gasteiger partial charge < -0.3 is 4.74 Å². The molecule has 1 saturated carbocycles. The quantitative estimate of drug-likeness (QED) is 0.254. The molecule has 2 aliphatic carbocycles. The third-order valence-corrected chi connectivity index (χ3v) is 8.30. The van der Waals surface area contributed by atoms with Gasteiger partial charge >= 0.3 is 5.97 Å². The number of rotatable bonds is 10. The molecule has 1 atom stereocenters. The number of ether oxygens (including phenoxy) is 1. The molecule has 0 saturated heterocycles. The molecule has 1 unspecified atom stereocenters. The van der Waals surface area contributed by atoms with Gasteiger partial charge in [-0.15, -0.1) is 0 Å². The summed E-state index contributed by atoms with van der Waals surface area (Å²) in [5, 5.41) is 0. The number of carbonyl (C=O) groups is 1. The highest BCUT2D eigenvalue weighted by atomic mass is 16.5. The van der Waals surface area contributed by atoms with Gasteiger partial charge in [0, 0.05) is 5.57 Å². The second-order valence-electron chi connectivity index (χ2n) is 10.8. The van der Waals surface area contributed by atoms with Crippen LogP contribution in [0.3, 0.4) is 0 Å². The van der Waals surface area contributed by atoms with Gasteiger partial charge in [0.1, 0.15) is 0 Å². The molecule has 0 N–H and O–H groups in total. The molecular weight excluding hydrogens is 428 g/mol. The summed E-state index contributed by atoms with van der Waals surface area (Å²) < 4.78 is 5.44. The van der Waals surface area contributed by atoms with Crippen molar-refractivity contribution in [3.63, 3.8) is 0 Å². The van der Waals surface area contributed by atoms with E-state index < -0.39 is 0 Å². The summed E-state index contributed by atoms with van der Waals surface area (Å²) in [6.07, 6.45) is 16.4. The highest BCUT2D eigenvalue weighted by molar-refractivity contribution is 5.88. The van der Waals surface area contributed by atoms with E-state index in [1.54, 1.807) is 0 Å². The van der Waals surface area contributed by atoms with Gasteiger partial charge in [-0.05, 0) is 91.4 Å². The van der Waals surface area contributed by atoms with Gasteiger partial charge in [0.2, 0.25) is 0 Å². The molecule has 2 heteroatoms. The molecule has 0 aromatic heterocycles. The van der Waals surface area contributed by atoms with Crippen LogP contribution in [0, 0.1) is 5.92 Å². The van der Waals surface area contributed by atoms with Crippen molar-refractivity contribution in [2.45, 2.75) is 103 Å². The lowest BCUT2D eigenvalue weighted by Crippen LogP contribution is -2.14. The van der Waals surface area contributed by atoms with Crippen molar-refractivity contribution in [2.75, 3.05) is 6.61 Å². The second-order valence-corrected chi connectivity index (χ2v) is 10.8. The zero-order valence-corrected chi connectivity index (χ0v) is 21.9. The van der Waals surface area contributed by atoms with Crippen LogP contribution in [0.25, 0.3) is 11.1 Å². The summed E-state index contributed by atoms with van der Waals surface area (Å²) in [6, 6.07) is 18.4. The molecule has 2 aromatic rings. The lowest BCUT2D eigenvalue weighted by molar-refractivity contribution is -0.139. The molecule has 2 nitrogen and oxygen atoms in total. The molecule has 0 spiro atoms. The fourth-order valence-electron chi connectivity index (χ4n) is 6.02. The number of allylic oxidation sites excluding steroid dienone is 1. The summed E-state index contributed by atoms with van der Waals surface area (Å²) in [4.78, 5) is 12.3. The van der Waals surface area contributed by atoms with E-state index in [0.29, 0.717) is 12.5 Å². The SMILES string of the molecule is CCCCCOC(=O)C1=CCC(c2ccc(-c3ccc([C@H]4CC[C@H](CCC)CC4)cc3)cc2)CC1. The van der Waals surface area contributed by atoms with Crippen molar-refractivity contribution in [1.82, 2.24) is 0 Å². The normalized spacial score (nSPS) is 22.5. The highest BCUT2D eigenvalue weighted by Gasteiger charge is 2.22. The van der Waals surface area contributed by atoms with Gasteiger partial charge in [-0.3, -0.25) is 0 Å². The van der Waals surface area contributed by atoms with Gasteiger partial charge in [-0.25, -0.2) is 4.79 Å². The van der Waals surface area contributed by atoms with E-state index in [2.05, 4.69) is 68.5 Å².